The molecule has 1 aliphatic heterocycles. The molecular weight excluding hydrogens is 266 g/mol. The maximum absolute atomic E-state index is 10.9. The van der Waals surface area contributed by atoms with Gasteiger partial charge in [0.1, 0.15) is 11.5 Å². The summed E-state index contributed by atoms with van der Waals surface area (Å²) < 4.78 is 5.33. The van der Waals surface area contributed by atoms with Gasteiger partial charge >= 0.3 is 0 Å². The highest BCUT2D eigenvalue weighted by molar-refractivity contribution is 8.15. The van der Waals surface area contributed by atoms with Crippen molar-refractivity contribution in [2.45, 2.75) is 6.92 Å². The fraction of sp³-hybridized carbons (Fsp3) is 0.250. The third-order valence-corrected chi connectivity index (χ3v) is 3.11. The van der Waals surface area contributed by atoms with E-state index in [1.54, 1.807) is 12.1 Å². The van der Waals surface area contributed by atoms with Crippen molar-refractivity contribution in [2.75, 3.05) is 12.4 Å². The molecule has 100 valence electrons. The average molecular weight is 279 g/mol. The number of nitrogens with one attached hydrogen (secondary N) is 1. The molecule has 1 heterocycles. The molecule has 0 saturated carbocycles. The summed E-state index contributed by atoms with van der Waals surface area (Å²) in [7, 11) is 0. The van der Waals surface area contributed by atoms with E-state index in [0.29, 0.717) is 28.8 Å². The summed E-state index contributed by atoms with van der Waals surface area (Å²) in [6.07, 6.45) is 1.41. The SMILES string of the molecule is CCOc1ccc(O)c(C=NN=C2NC(=O)CS2)c1. The molecule has 0 unspecified atom stereocenters. The Hall–Kier alpha value is -2.02. The van der Waals surface area contributed by atoms with Crippen LogP contribution in [-0.4, -0.2) is 34.8 Å². The van der Waals surface area contributed by atoms with Crippen molar-refractivity contribution in [3.63, 3.8) is 0 Å². The topological polar surface area (TPSA) is 83.3 Å². The van der Waals surface area contributed by atoms with Crippen molar-refractivity contribution in [2.24, 2.45) is 10.2 Å². The van der Waals surface area contributed by atoms with E-state index in [0.717, 1.165) is 0 Å². The number of ether oxygens (including phenoxy) is 1. The van der Waals surface area contributed by atoms with Crippen molar-refractivity contribution < 1.29 is 14.6 Å². The second-order valence-corrected chi connectivity index (χ2v) is 4.60. The van der Waals surface area contributed by atoms with Crippen LogP contribution in [0.4, 0.5) is 0 Å². The highest BCUT2D eigenvalue weighted by Crippen LogP contribution is 2.21. The van der Waals surface area contributed by atoms with Crippen molar-refractivity contribution in [3.05, 3.63) is 23.8 Å². The maximum atomic E-state index is 10.9. The lowest BCUT2D eigenvalue weighted by Crippen LogP contribution is -2.19. The second-order valence-electron chi connectivity index (χ2n) is 3.64. The van der Waals surface area contributed by atoms with E-state index in [2.05, 4.69) is 15.5 Å². The van der Waals surface area contributed by atoms with Gasteiger partial charge in [-0.3, -0.25) is 4.79 Å². The Morgan fingerprint density at radius 2 is 2.42 bits per heavy atom. The minimum Gasteiger partial charge on any atom is -0.507 e. The molecule has 0 radical (unpaired) electrons. The second kappa shape index (κ2) is 6.24. The summed E-state index contributed by atoms with van der Waals surface area (Å²) in [5.41, 5.74) is 0.504. The van der Waals surface area contributed by atoms with Crippen LogP contribution in [-0.2, 0) is 4.79 Å². The van der Waals surface area contributed by atoms with Crippen LogP contribution in [0.1, 0.15) is 12.5 Å². The smallest absolute Gasteiger partial charge is 0.236 e. The molecule has 1 aromatic rings. The first-order chi connectivity index (χ1) is 9.19. The van der Waals surface area contributed by atoms with Crippen LogP contribution < -0.4 is 10.1 Å². The molecule has 1 aliphatic rings. The van der Waals surface area contributed by atoms with E-state index in [9.17, 15) is 9.90 Å². The number of rotatable bonds is 4. The predicted octanol–water partition coefficient (Wildman–Crippen LogP) is 1.34. The van der Waals surface area contributed by atoms with Crippen LogP contribution in [0.3, 0.4) is 0 Å². The van der Waals surface area contributed by atoms with Gasteiger partial charge in [0.2, 0.25) is 5.91 Å². The number of phenols is 1. The predicted molar refractivity (Wildman–Crippen MR) is 74.9 cm³/mol. The first-order valence-electron chi connectivity index (χ1n) is 5.68. The molecule has 0 spiro atoms. The molecule has 2 rings (SSSR count). The van der Waals surface area contributed by atoms with E-state index >= 15 is 0 Å². The first-order valence-corrected chi connectivity index (χ1v) is 6.67. The number of nitrogens with zero attached hydrogens (tertiary/aromatic N) is 2. The fourth-order valence-electron chi connectivity index (χ4n) is 1.42. The minimum absolute atomic E-state index is 0.0832. The summed E-state index contributed by atoms with van der Waals surface area (Å²) >= 11 is 1.29. The van der Waals surface area contributed by atoms with Gasteiger partial charge < -0.3 is 15.2 Å². The molecule has 1 saturated heterocycles. The Morgan fingerprint density at radius 1 is 1.58 bits per heavy atom. The van der Waals surface area contributed by atoms with Crippen LogP contribution in [0.5, 0.6) is 11.5 Å². The lowest BCUT2D eigenvalue weighted by Gasteiger charge is -2.04. The lowest BCUT2D eigenvalue weighted by atomic mass is 10.2. The number of aromatic hydroxyl groups is 1. The molecule has 1 aromatic carbocycles. The minimum atomic E-state index is -0.0832. The third-order valence-electron chi connectivity index (χ3n) is 2.24. The molecule has 0 aliphatic carbocycles. The zero-order chi connectivity index (χ0) is 13.7. The van der Waals surface area contributed by atoms with Crippen LogP contribution in [0.25, 0.3) is 0 Å². The summed E-state index contributed by atoms with van der Waals surface area (Å²) in [6.45, 7) is 2.43. The highest BCUT2D eigenvalue weighted by Gasteiger charge is 2.15. The number of amides is 1. The number of amidine groups is 1. The Kier molecular flexibility index (Phi) is 4.40. The Labute approximate surface area is 114 Å². The largest absolute Gasteiger partial charge is 0.507 e. The zero-order valence-corrected chi connectivity index (χ0v) is 11.1. The van der Waals surface area contributed by atoms with Crippen LogP contribution in [0.15, 0.2) is 28.4 Å². The molecule has 1 amide bonds. The number of phenolic OH excluding ortho intramolecular Hbond substituents is 1. The Morgan fingerprint density at radius 3 is 3.11 bits per heavy atom. The summed E-state index contributed by atoms with van der Waals surface area (Å²) in [4.78, 5) is 10.9. The number of hydrogen-bond donors (Lipinski definition) is 2. The van der Waals surface area contributed by atoms with Crippen molar-refractivity contribution in [3.8, 4) is 11.5 Å². The molecule has 0 aromatic heterocycles. The Bertz CT molecular complexity index is 543. The number of benzene rings is 1. The number of hydrogen-bond acceptors (Lipinski definition) is 6. The van der Waals surface area contributed by atoms with E-state index in [-0.39, 0.29) is 11.7 Å². The van der Waals surface area contributed by atoms with E-state index in [1.807, 2.05) is 6.92 Å². The van der Waals surface area contributed by atoms with Crippen LogP contribution in [0, 0.1) is 0 Å². The monoisotopic (exact) mass is 279 g/mol. The van der Waals surface area contributed by atoms with Gasteiger partial charge in [-0.2, -0.15) is 5.10 Å². The summed E-state index contributed by atoms with van der Waals surface area (Å²) in [5, 5.41) is 20.4. The van der Waals surface area contributed by atoms with Gasteiger partial charge in [-0.05, 0) is 25.1 Å². The lowest BCUT2D eigenvalue weighted by molar-refractivity contribution is -0.116. The molecule has 2 N–H and O–H groups in total. The first kappa shape index (κ1) is 13.4. The molecule has 1 fully saturated rings. The quantitative estimate of drug-likeness (QED) is 0.643. The van der Waals surface area contributed by atoms with Gasteiger partial charge in [0.05, 0.1) is 18.6 Å². The van der Waals surface area contributed by atoms with Crippen molar-refractivity contribution in [1.82, 2.24) is 5.32 Å². The van der Waals surface area contributed by atoms with E-state index in [4.69, 9.17) is 4.74 Å². The van der Waals surface area contributed by atoms with Crippen molar-refractivity contribution in [1.29, 1.82) is 0 Å². The van der Waals surface area contributed by atoms with E-state index < -0.39 is 0 Å². The molecule has 0 bridgehead atoms. The molecule has 0 atom stereocenters. The number of carbonyl (C=O) groups is 1. The van der Waals surface area contributed by atoms with Gasteiger partial charge in [0, 0.05) is 5.56 Å². The Balaban J connectivity index is 2.09. The van der Waals surface area contributed by atoms with Gasteiger partial charge in [-0.1, -0.05) is 11.8 Å². The zero-order valence-electron chi connectivity index (χ0n) is 10.3. The normalized spacial score (nSPS) is 17.1. The molecule has 19 heavy (non-hydrogen) atoms. The average Bonchev–Trinajstić information content (AvgIpc) is 2.79. The van der Waals surface area contributed by atoms with Gasteiger partial charge in [-0.25, -0.2) is 0 Å². The standard InChI is InChI=1S/C12H13N3O3S/c1-2-18-9-3-4-10(16)8(5-9)6-13-15-12-14-11(17)7-19-12/h3-6,16H,2,7H2,1H3,(H,14,15,17). The maximum Gasteiger partial charge on any atom is 0.236 e. The summed E-state index contributed by atoms with van der Waals surface area (Å²) in [5.74, 6) is 1.02. The van der Waals surface area contributed by atoms with Gasteiger partial charge in [0.15, 0.2) is 5.17 Å². The van der Waals surface area contributed by atoms with Crippen molar-refractivity contribution >= 4 is 29.1 Å². The highest BCUT2D eigenvalue weighted by atomic mass is 32.2. The molecule has 7 heteroatoms. The summed E-state index contributed by atoms with van der Waals surface area (Å²) in [6, 6.07) is 4.88. The van der Waals surface area contributed by atoms with E-state index in [1.165, 1.54) is 24.0 Å². The number of carbonyl (C=O) groups excluding carboxylic acids is 1. The number of thioether (sulfide) groups is 1. The van der Waals surface area contributed by atoms with Gasteiger partial charge in [0.25, 0.3) is 0 Å². The van der Waals surface area contributed by atoms with Gasteiger partial charge in [-0.15, -0.1) is 5.10 Å². The molecule has 6 nitrogen and oxygen atoms in total. The molecular formula is C12H13N3O3S. The van der Waals surface area contributed by atoms with Crippen LogP contribution in [0.2, 0.25) is 0 Å². The third kappa shape index (κ3) is 3.72. The fourth-order valence-corrected chi connectivity index (χ4v) is 2.05. The van der Waals surface area contributed by atoms with Crippen LogP contribution >= 0.6 is 11.8 Å².